The molecule has 1 atom stereocenters. The van der Waals surface area contributed by atoms with E-state index >= 15 is 0 Å². The van der Waals surface area contributed by atoms with Gasteiger partial charge in [0.25, 0.3) is 0 Å². The van der Waals surface area contributed by atoms with Crippen molar-refractivity contribution in [1.82, 2.24) is 0 Å². The van der Waals surface area contributed by atoms with Crippen LogP contribution in [0.15, 0.2) is 22.9 Å². The van der Waals surface area contributed by atoms with Gasteiger partial charge in [0.2, 0.25) is 0 Å². The molecule has 0 heterocycles. The fourth-order valence-corrected chi connectivity index (χ4v) is 5.05. The van der Waals surface area contributed by atoms with Crippen LogP contribution in [0, 0.1) is 5.92 Å². The molecule has 0 fully saturated rings. The first-order valence-electron chi connectivity index (χ1n) is 6.92. The maximum Gasteiger partial charge on any atom is 0.192 e. The topological polar surface area (TPSA) is 0 Å². The van der Waals surface area contributed by atoms with E-state index in [1.807, 2.05) is 0 Å². The van der Waals surface area contributed by atoms with Gasteiger partial charge >= 0.3 is 0 Å². The smallest absolute Gasteiger partial charge is 0.192 e. The standard InChI is InChI=1S/C14H24F4Si/c1-6-10(5)11(15)12(16)13(17)14(18)19(7-2,8-3)9-4/h10H,6-9H2,1-5H3/b12-11+,14-13-. The zero-order valence-corrected chi connectivity index (χ0v) is 13.4. The van der Waals surface area contributed by atoms with Crippen molar-refractivity contribution in [3.05, 3.63) is 22.9 Å². The van der Waals surface area contributed by atoms with E-state index in [2.05, 4.69) is 0 Å². The highest BCUT2D eigenvalue weighted by molar-refractivity contribution is 6.85. The Morgan fingerprint density at radius 1 is 0.842 bits per heavy atom. The molecule has 1 unspecified atom stereocenters. The fourth-order valence-electron chi connectivity index (χ4n) is 2.05. The third-order valence-corrected chi connectivity index (χ3v) is 9.35. The van der Waals surface area contributed by atoms with Gasteiger partial charge < -0.3 is 0 Å². The molecule has 19 heavy (non-hydrogen) atoms. The summed E-state index contributed by atoms with van der Waals surface area (Å²) < 4.78 is 55.3. The van der Waals surface area contributed by atoms with Crippen molar-refractivity contribution in [3.63, 3.8) is 0 Å². The molecule has 0 aromatic carbocycles. The number of allylic oxidation sites excluding steroid dienone is 3. The van der Waals surface area contributed by atoms with Crippen LogP contribution in [0.3, 0.4) is 0 Å². The third kappa shape index (κ3) is 3.94. The lowest BCUT2D eigenvalue weighted by Gasteiger charge is -2.26. The quantitative estimate of drug-likeness (QED) is 0.290. The predicted octanol–water partition coefficient (Wildman–Crippen LogP) is 6.38. The maximum atomic E-state index is 14.2. The molecule has 0 spiro atoms. The summed E-state index contributed by atoms with van der Waals surface area (Å²) in [4.78, 5) is 0. The molecule has 0 saturated carbocycles. The molecule has 0 aromatic heterocycles. The molecule has 0 saturated heterocycles. The molecule has 0 aliphatic carbocycles. The van der Waals surface area contributed by atoms with Crippen LogP contribution in [0.1, 0.15) is 41.0 Å². The summed E-state index contributed by atoms with van der Waals surface area (Å²) in [5.74, 6) is -5.20. The summed E-state index contributed by atoms with van der Waals surface area (Å²) in [5.41, 5.74) is -1.03. The lowest BCUT2D eigenvalue weighted by molar-refractivity contribution is 0.415. The largest absolute Gasteiger partial charge is 0.214 e. The molecule has 5 heteroatoms. The average Bonchev–Trinajstić information content (AvgIpc) is 2.46. The Morgan fingerprint density at radius 2 is 1.26 bits per heavy atom. The van der Waals surface area contributed by atoms with Gasteiger partial charge in [-0.3, -0.25) is 0 Å². The fraction of sp³-hybridized carbons (Fsp3) is 0.714. The molecule has 112 valence electrons. The van der Waals surface area contributed by atoms with Crippen LogP contribution >= 0.6 is 0 Å². The maximum absolute atomic E-state index is 14.2. The van der Waals surface area contributed by atoms with Crippen LogP contribution in [0.4, 0.5) is 17.6 Å². The van der Waals surface area contributed by atoms with Crippen molar-refractivity contribution < 1.29 is 17.6 Å². The van der Waals surface area contributed by atoms with E-state index in [1.165, 1.54) is 6.92 Å². The first-order chi connectivity index (χ1) is 8.81. The SMILES string of the molecule is CCC(C)/C(F)=C(F)/C(F)=C(\F)[Si](CC)(CC)CC. The lowest BCUT2D eigenvalue weighted by atomic mass is 10.1. The zero-order valence-electron chi connectivity index (χ0n) is 12.4. The highest BCUT2D eigenvalue weighted by Gasteiger charge is 2.37. The van der Waals surface area contributed by atoms with Gasteiger partial charge in [0.15, 0.2) is 11.7 Å². The van der Waals surface area contributed by atoms with Gasteiger partial charge in [-0.05, 0) is 6.42 Å². The average molecular weight is 296 g/mol. The Balaban J connectivity index is 5.69. The van der Waals surface area contributed by atoms with E-state index in [4.69, 9.17) is 0 Å². The Kier molecular flexibility index (Phi) is 7.63. The number of rotatable bonds is 7. The third-order valence-electron chi connectivity index (χ3n) is 4.14. The van der Waals surface area contributed by atoms with E-state index in [0.29, 0.717) is 24.6 Å². The molecular formula is C14H24F4Si. The minimum absolute atomic E-state index is 0.339. The van der Waals surface area contributed by atoms with Gasteiger partial charge in [-0.1, -0.05) is 52.8 Å². The number of hydrogen-bond acceptors (Lipinski definition) is 0. The summed E-state index contributed by atoms with van der Waals surface area (Å²) in [5, 5.41) is 0. The van der Waals surface area contributed by atoms with Gasteiger partial charge in [0, 0.05) is 5.92 Å². The molecular weight excluding hydrogens is 272 g/mol. The van der Waals surface area contributed by atoms with Crippen molar-refractivity contribution in [2.45, 2.75) is 59.2 Å². The molecule has 0 bridgehead atoms. The van der Waals surface area contributed by atoms with E-state index < -0.39 is 36.9 Å². The summed E-state index contributed by atoms with van der Waals surface area (Å²) in [6.07, 6.45) is 0.339. The van der Waals surface area contributed by atoms with Crippen molar-refractivity contribution in [2.75, 3.05) is 0 Å². The van der Waals surface area contributed by atoms with Crippen LogP contribution in [0.2, 0.25) is 18.1 Å². The van der Waals surface area contributed by atoms with Gasteiger partial charge in [-0.15, -0.1) is 0 Å². The summed E-state index contributed by atoms with van der Waals surface area (Å²) in [7, 11) is -2.64. The Labute approximate surface area is 114 Å². The van der Waals surface area contributed by atoms with Crippen LogP contribution in [-0.2, 0) is 0 Å². The Hall–Kier alpha value is -0.583. The second-order valence-electron chi connectivity index (χ2n) is 4.94. The van der Waals surface area contributed by atoms with E-state index in [9.17, 15) is 17.6 Å². The van der Waals surface area contributed by atoms with Crippen LogP contribution < -0.4 is 0 Å². The second-order valence-corrected chi connectivity index (χ2v) is 10.1. The second kappa shape index (κ2) is 7.87. The highest BCUT2D eigenvalue weighted by Crippen LogP contribution is 2.36. The van der Waals surface area contributed by atoms with E-state index in [0.717, 1.165) is 0 Å². The van der Waals surface area contributed by atoms with Crippen LogP contribution in [0.5, 0.6) is 0 Å². The van der Waals surface area contributed by atoms with Gasteiger partial charge in [-0.2, -0.15) is 0 Å². The first kappa shape index (κ1) is 18.4. The van der Waals surface area contributed by atoms with Crippen molar-refractivity contribution in [3.8, 4) is 0 Å². The minimum Gasteiger partial charge on any atom is -0.214 e. The molecule has 0 aliphatic rings. The molecule has 0 rings (SSSR count). The molecule has 0 amide bonds. The molecule has 0 aromatic rings. The van der Waals surface area contributed by atoms with Gasteiger partial charge in [-0.25, -0.2) is 17.6 Å². The van der Waals surface area contributed by atoms with Gasteiger partial charge in [0.05, 0.1) is 0 Å². The highest BCUT2D eigenvalue weighted by atomic mass is 28.3. The zero-order chi connectivity index (χ0) is 15.2. The van der Waals surface area contributed by atoms with Crippen molar-refractivity contribution in [2.24, 2.45) is 5.92 Å². The van der Waals surface area contributed by atoms with E-state index in [-0.39, 0.29) is 0 Å². The van der Waals surface area contributed by atoms with Crippen molar-refractivity contribution in [1.29, 1.82) is 0 Å². The molecule has 0 aliphatic heterocycles. The molecule has 0 nitrogen and oxygen atoms in total. The van der Waals surface area contributed by atoms with Crippen molar-refractivity contribution >= 4 is 8.07 Å². The number of hydrogen-bond donors (Lipinski definition) is 0. The summed E-state index contributed by atoms with van der Waals surface area (Å²) >= 11 is 0. The first-order valence-corrected chi connectivity index (χ1v) is 9.54. The number of halogens is 4. The van der Waals surface area contributed by atoms with E-state index in [1.54, 1.807) is 27.7 Å². The molecule has 0 N–H and O–H groups in total. The Bertz CT molecular complexity index is 348. The minimum atomic E-state index is -2.64. The summed E-state index contributed by atoms with van der Waals surface area (Å²) in [6, 6.07) is 1.45. The predicted molar refractivity (Wildman–Crippen MR) is 75.1 cm³/mol. The Morgan fingerprint density at radius 3 is 1.58 bits per heavy atom. The van der Waals surface area contributed by atoms with Crippen LogP contribution in [-0.4, -0.2) is 8.07 Å². The normalized spacial score (nSPS) is 16.9. The lowest BCUT2D eigenvalue weighted by Crippen LogP contribution is -2.33. The molecule has 0 radical (unpaired) electrons. The van der Waals surface area contributed by atoms with Crippen LogP contribution in [0.25, 0.3) is 0 Å². The summed E-state index contributed by atoms with van der Waals surface area (Å²) in [6.45, 7) is 8.44. The monoisotopic (exact) mass is 296 g/mol. The van der Waals surface area contributed by atoms with Gasteiger partial charge in [0.1, 0.15) is 19.4 Å².